The minimum atomic E-state index is -0.275. The Morgan fingerprint density at radius 1 is 0.636 bits per heavy atom. The number of methoxy groups -OCH3 is 2. The molecule has 44 heavy (non-hydrogen) atoms. The zero-order valence-electron chi connectivity index (χ0n) is 25.4. The van der Waals surface area contributed by atoms with E-state index < -0.39 is 0 Å². The number of rotatable bonds is 9. The largest absolute Gasteiger partial charge is 0.496 e. The topological polar surface area (TPSA) is 62.3 Å². The fraction of sp³-hybridized carbons (Fsp3) is 0.297. The number of hydrogen-bond donors (Lipinski definition) is 0. The van der Waals surface area contributed by atoms with Gasteiger partial charge in [0.25, 0.3) is 0 Å². The summed E-state index contributed by atoms with van der Waals surface area (Å²) in [6, 6.07) is 32.1. The molecule has 0 aliphatic carbocycles. The Balaban J connectivity index is 1.30. The van der Waals surface area contributed by atoms with Crippen molar-refractivity contribution < 1.29 is 19.1 Å². The first-order chi connectivity index (χ1) is 21.6. The van der Waals surface area contributed by atoms with E-state index in [2.05, 4.69) is 36.4 Å². The van der Waals surface area contributed by atoms with Crippen LogP contribution in [-0.4, -0.2) is 66.9 Å². The van der Waals surface area contributed by atoms with Gasteiger partial charge in [-0.15, -0.1) is 0 Å². The van der Waals surface area contributed by atoms with Crippen LogP contribution >= 0.6 is 0 Å². The Labute approximate surface area is 259 Å². The number of amides is 2. The third-order valence-corrected chi connectivity index (χ3v) is 8.88. The van der Waals surface area contributed by atoms with Crippen LogP contribution in [0.25, 0.3) is 0 Å². The van der Waals surface area contributed by atoms with Crippen molar-refractivity contribution in [3.8, 4) is 11.5 Å². The van der Waals surface area contributed by atoms with Crippen molar-refractivity contribution in [1.29, 1.82) is 0 Å². The lowest BCUT2D eigenvalue weighted by Crippen LogP contribution is -2.48. The summed E-state index contributed by atoms with van der Waals surface area (Å²) in [5, 5.41) is 0. The van der Waals surface area contributed by atoms with Crippen molar-refractivity contribution in [2.75, 3.05) is 40.4 Å². The van der Waals surface area contributed by atoms with E-state index in [-0.39, 0.29) is 30.9 Å². The van der Waals surface area contributed by atoms with Crippen molar-refractivity contribution in [2.24, 2.45) is 0 Å². The zero-order chi connectivity index (χ0) is 30.5. The molecule has 0 saturated heterocycles. The lowest BCUT2D eigenvalue weighted by molar-refractivity contribution is -0.137. The molecule has 0 unspecified atom stereocenters. The summed E-state index contributed by atoms with van der Waals surface area (Å²) < 4.78 is 11.3. The molecule has 0 aromatic heterocycles. The first-order valence-electron chi connectivity index (χ1n) is 15.2. The Hall–Kier alpha value is -4.62. The molecule has 0 bridgehead atoms. The highest BCUT2D eigenvalue weighted by atomic mass is 16.5. The van der Waals surface area contributed by atoms with Gasteiger partial charge in [0.05, 0.1) is 33.4 Å². The van der Waals surface area contributed by atoms with Crippen molar-refractivity contribution in [2.45, 2.75) is 32.0 Å². The third-order valence-electron chi connectivity index (χ3n) is 8.88. The van der Waals surface area contributed by atoms with Gasteiger partial charge in [0, 0.05) is 37.3 Å². The molecule has 0 radical (unpaired) electrons. The van der Waals surface area contributed by atoms with E-state index >= 15 is 0 Å². The molecule has 7 nitrogen and oxygen atoms in total. The normalized spacial score (nSPS) is 14.3. The molecule has 0 spiro atoms. The highest BCUT2D eigenvalue weighted by Crippen LogP contribution is 2.32. The lowest BCUT2D eigenvalue weighted by Gasteiger charge is -2.37. The molecule has 7 heteroatoms. The van der Waals surface area contributed by atoms with Crippen LogP contribution in [0.4, 0.5) is 0 Å². The van der Waals surface area contributed by atoms with Crippen LogP contribution in [0, 0.1) is 0 Å². The number of carbonyl (C=O) groups excluding carboxylic acids is 2. The van der Waals surface area contributed by atoms with E-state index in [4.69, 9.17) is 9.47 Å². The maximum Gasteiger partial charge on any atom is 0.237 e. The first kappa shape index (κ1) is 29.5. The van der Waals surface area contributed by atoms with Crippen molar-refractivity contribution in [3.05, 3.63) is 130 Å². The monoisotopic (exact) mass is 589 g/mol. The number of hydrogen-bond acceptors (Lipinski definition) is 5. The van der Waals surface area contributed by atoms with Gasteiger partial charge in [0.15, 0.2) is 0 Å². The second kappa shape index (κ2) is 13.3. The Morgan fingerprint density at radius 2 is 1.07 bits per heavy atom. The number of ether oxygens (including phenoxy) is 2. The number of benzene rings is 4. The Morgan fingerprint density at radius 3 is 1.48 bits per heavy atom. The van der Waals surface area contributed by atoms with Crippen LogP contribution in [0.2, 0.25) is 0 Å². The van der Waals surface area contributed by atoms with Crippen LogP contribution < -0.4 is 9.47 Å². The predicted molar refractivity (Wildman–Crippen MR) is 171 cm³/mol. The fourth-order valence-corrected chi connectivity index (χ4v) is 6.58. The summed E-state index contributed by atoms with van der Waals surface area (Å²) in [7, 11) is 3.34. The Kier molecular flexibility index (Phi) is 8.94. The SMILES string of the molecule is COc1cccc2c1CN(C(=O)CN(CC(=O)N1CCc3cccc(OC)c3C1)C(c1ccccc1)c1ccccc1)CC2. The first-order valence-corrected chi connectivity index (χ1v) is 15.2. The third kappa shape index (κ3) is 6.19. The van der Waals surface area contributed by atoms with E-state index in [9.17, 15) is 9.59 Å². The van der Waals surface area contributed by atoms with Crippen molar-refractivity contribution >= 4 is 11.8 Å². The minimum absolute atomic E-state index is 0.00289. The average molecular weight is 590 g/mol. The van der Waals surface area contributed by atoms with Crippen LogP contribution in [0.5, 0.6) is 11.5 Å². The van der Waals surface area contributed by atoms with Gasteiger partial charge in [-0.2, -0.15) is 0 Å². The average Bonchev–Trinajstić information content (AvgIpc) is 3.08. The minimum Gasteiger partial charge on any atom is -0.496 e. The molecule has 2 aliphatic heterocycles. The number of nitrogens with zero attached hydrogens (tertiary/aromatic N) is 3. The molecule has 226 valence electrons. The van der Waals surface area contributed by atoms with E-state index in [0.29, 0.717) is 26.2 Å². The van der Waals surface area contributed by atoms with E-state index in [0.717, 1.165) is 46.6 Å². The molecule has 2 amide bonds. The molecule has 4 aromatic carbocycles. The summed E-state index contributed by atoms with van der Waals surface area (Å²) >= 11 is 0. The molecule has 0 atom stereocenters. The molecule has 6 rings (SSSR count). The lowest BCUT2D eigenvalue weighted by atomic mass is 9.96. The maximum absolute atomic E-state index is 14.1. The summed E-state index contributed by atoms with van der Waals surface area (Å²) in [6.07, 6.45) is 1.54. The highest BCUT2D eigenvalue weighted by molar-refractivity contribution is 5.82. The quantitative estimate of drug-likeness (QED) is 0.267. The van der Waals surface area contributed by atoms with Gasteiger partial charge in [0.2, 0.25) is 11.8 Å². The van der Waals surface area contributed by atoms with Crippen molar-refractivity contribution in [1.82, 2.24) is 14.7 Å². The van der Waals surface area contributed by atoms with E-state index in [1.807, 2.05) is 75.4 Å². The number of fused-ring (bicyclic) bond motifs is 2. The summed E-state index contributed by atoms with van der Waals surface area (Å²) in [4.78, 5) is 34.0. The standard InChI is InChI=1S/C37H39N3O4/c1-43-33-17-9-15-27-19-21-38(23-31(27)33)35(41)25-40(37(29-11-5-3-6-12-29)30-13-7-4-8-14-30)26-36(42)39-22-20-28-16-10-18-34(44-2)32(28)24-39/h3-18,37H,19-26H2,1-2H3. The predicted octanol–water partition coefficient (Wildman–Crippen LogP) is 5.27. The number of carbonyl (C=O) groups is 2. The smallest absolute Gasteiger partial charge is 0.237 e. The fourth-order valence-electron chi connectivity index (χ4n) is 6.58. The summed E-state index contributed by atoms with van der Waals surface area (Å²) in [5.41, 5.74) is 6.62. The highest BCUT2D eigenvalue weighted by Gasteiger charge is 2.32. The van der Waals surface area contributed by atoms with Crippen LogP contribution in [-0.2, 0) is 35.5 Å². The van der Waals surface area contributed by atoms with E-state index in [1.165, 1.54) is 11.1 Å². The summed E-state index contributed by atoms with van der Waals surface area (Å²) in [5.74, 6) is 1.60. The zero-order valence-corrected chi connectivity index (χ0v) is 25.4. The summed E-state index contributed by atoms with van der Waals surface area (Å²) in [6.45, 7) is 2.46. The van der Waals surface area contributed by atoms with Crippen LogP contribution in [0.3, 0.4) is 0 Å². The second-order valence-corrected chi connectivity index (χ2v) is 11.5. The van der Waals surface area contributed by atoms with Crippen LogP contribution in [0.1, 0.15) is 39.4 Å². The molecular weight excluding hydrogens is 550 g/mol. The van der Waals surface area contributed by atoms with Gasteiger partial charge < -0.3 is 19.3 Å². The molecular formula is C37H39N3O4. The van der Waals surface area contributed by atoms with Crippen LogP contribution in [0.15, 0.2) is 97.1 Å². The van der Waals surface area contributed by atoms with Gasteiger partial charge in [-0.1, -0.05) is 84.9 Å². The second-order valence-electron chi connectivity index (χ2n) is 11.5. The molecule has 2 heterocycles. The van der Waals surface area contributed by atoms with Gasteiger partial charge in [-0.3, -0.25) is 14.5 Å². The van der Waals surface area contributed by atoms with Gasteiger partial charge in [-0.25, -0.2) is 0 Å². The van der Waals surface area contributed by atoms with Gasteiger partial charge in [0.1, 0.15) is 11.5 Å². The molecule has 0 saturated carbocycles. The van der Waals surface area contributed by atoms with Crippen molar-refractivity contribution in [3.63, 3.8) is 0 Å². The molecule has 2 aliphatic rings. The van der Waals surface area contributed by atoms with E-state index in [1.54, 1.807) is 14.2 Å². The molecule has 4 aromatic rings. The van der Waals surface area contributed by atoms with Gasteiger partial charge in [-0.05, 0) is 47.2 Å². The van der Waals surface area contributed by atoms with Gasteiger partial charge >= 0.3 is 0 Å². The Bertz CT molecular complexity index is 1460. The molecule has 0 N–H and O–H groups in total. The maximum atomic E-state index is 14.1. The molecule has 0 fully saturated rings.